The molecule has 2 aliphatic rings. The zero-order valence-corrected chi connectivity index (χ0v) is 21.3. The lowest BCUT2D eigenvalue weighted by molar-refractivity contribution is -0.139. The summed E-state index contributed by atoms with van der Waals surface area (Å²) in [6.45, 7) is 4.38. The number of para-hydroxylation sites is 2. The molecule has 5 rings (SSSR count). The van der Waals surface area contributed by atoms with Crippen molar-refractivity contribution >= 4 is 28.9 Å². The van der Waals surface area contributed by atoms with E-state index in [9.17, 15) is 14.4 Å². The van der Waals surface area contributed by atoms with Crippen molar-refractivity contribution in [1.82, 2.24) is 19.4 Å². The minimum atomic E-state index is -1.20. The van der Waals surface area contributed by atoms with Gasteiger partial charge in [-0.2, -0.15) is 0 Å². The van der Waals surface area contributed by atoms with Gasteiger partial charge in [-0.3, -0.25) is 9.69 Å². The first-order valence-electron chi connectivity index (χ1n) is 13.1. The molecule has 1 aromatic heterocycles. The molecule has 0 spiro atoms. The van der Waals surface area contributed by atoms with Crippen LogP contribution in [0.15, 0.2) is 60.7 Å². The van der Waals surface area contributed by atoms with E-state index in [0.29, 0.717) is 24.6 Å². The number of aliphatic carboxylic acids is 1. The maximum absolute atomic E-state index is 13.1. The summed E-state index contributed by atoms with van der Waals surface area (Å²) in [6, 6.07) is 16.0. The van der Waals surface area contributed by atoms with Gasteiger partial charge in [-0.05, 0) is 62.2 Å². The predicted octanol–water partition coefficient (Wildman–Crippen LogP) is 3.12. The van der Waals surface area contributed by atoms with Gasteiger partial charge in [0.2, 0.25) is 0 Å². The van der Waals surface area contributed by atoms with E-state index >= 15 is 0 Å². The normalized spacial score (nSPS) is 18.0. The van der Waals surface area contributed by atoms with Crippen LogP contribution in [0.2, 0.25) is 0 Å². The van der Waals surface area contributed by atoms with Gasteiger partial charge in [0.05, 0.1) is 17.6 Å². The molecular weight excluding hydrogens is 484 g/mol. The van der Waals surface area contributed by atoms with Gasteiger partial charge in [-0.25, -0.2) is 14.6 Å². The summed E-state index contributed by atoms with van der Waals surface area (Å²) in [4.78, 5) is 44.7. The highest BCUT2D eigenvalue weighted by Crippen LogP contribution is 2.23. The van der Waals surface area contributed by atoms with Crippen molar-refractivity contribution in [3.8, 4) is 0 Å². The minimum absolute atomic E-state index is 0.0812. The molecule has 0 radical (unpaired) electrons. The molecule has 38 heavy (non-hydrogen) atoms. The fourth-order valence-electron chi connectivity index (χ4n) is 5.40. The number of benzene rings is 2. The number of likely N-dealkylation sites (tertiary alicyclic amines) is 2. The fraction of sp³-hybridized carbons (Fsp3) is 0.379. The number of amides is 1. The Balaban J connectivity index is 1.24. The van der Waals surface area contributed by atoms with Crippen LogP contribution in [0.5, 0.6) is 0 Å². The Labute approximate surface area is 221 Å². The molecule has 0 saturated carbocycles. The van der Waals surface area contributed by atoms with Crippen LogP contribution in [0.4, 0.5) is 0 Å². The van der Waals surface area contributed by atoms with Gasteiger partial charge in [0.1, 0.15) is 12.4 Å². The van der Waals surface area contributed by atoms with Crippen molar-refractivity contribution < 1.29 is 24.2 Å². The molecule has 0 bridgehead atoms. The van der Waals surface area contributed by atoms with Gasteiger partial charge < -0.3 is 19.3 Å². The van der Waals surface area contributed by atoms with Gasteiger partial charge in [0.25, 0.3) is 5.91 Å². The van der Waals surface area contributed by atoms with Crippen molar-refractivity contribution in [2.75, 3.05) is 32.8 Å². The molecule has 2 aliphatic heterocycles. The third-order valence-electron chi connectivity index (χ3n) is 7.33. The number of ether oxygens (including phenoxy) is 1. The summed E-state index contributed by atoms with van der Waals surface area (Å²) < 4.78 is 7.17. The molecule has 198 valence electrons. The number of fused-ring (bicyclic) bond motifs is 1. The first-order valence-corrected chi connectivity index (χ1v) is 13.1. The van der Waals surface area contributed by atoms with E-state index in [4.69, 9.17) is 14.8 Å². The van der Waals surface area contributed by atoms with Crippen molar-refractivity contribution in [2.45, 2.75) is 38.3 Å². The molecule has 1 atom stereocenters. The van der Waals surface area contributed by atoms with Gasteiger partial charge in [-0.15, -0.1) is 0 Å². The SMILES string of the molecule is O=C(O)C=CC(=O)OCCn1c(Cc2ccc(C(=O)N3CC[C@H](N4CCCC4)C3)cc2)nc2ccccc21. The van der Waals surface area contributed by atoms with Crippen LogP contribution in [0, 0.1) is 0 Å². The highest BCUT2D eigenvalue weighted by molar-refractivity contribution is 5.94. The van der Waals surface area contributed by atoms with Gasteiger partial charge >= 0.3 is 11.9 Å². The summed E-state index contributed by atoms with van der Waals surface area (Å²) in [5.41, 5.74) is 3.49. The van der Waals surface area contributed by atoms with Crippen LogP contribution in [0.1, 0.15) is 41.0 Å². The molecule has 2 fully saturated rings. The average Bonchev–Trinajstić information content (AvgIpc) is 3.68. The first-order chi connectivity index (χ1) is 18.5. The van der Waals surface area contributed by atoms with E-state index in [2.05, 4.69) is 4.90 Å². The number of nitrogens with zero attached hydrogens (tertiary/aromatic N) is 4. The van der Waals surface area contributed by atoms with Gasteiger partial charge in [-0.1, -0.05) is 24.3 Å². The Bertz CT molecular complexity index is 1340. The molecule has 0 aliphatic carbocycles. The van der Waals surface area contributed by atoms with Crippen LogP contribution >= 0.6 is 0 Å². The number of hydrogen-bond acceptors (Lipinski definition) is 6. The van der Waals surface area contributed by atoms with Crippen molar-refractivity contribution in [3.05, 3.63) is 77.6 Å². The molecule has 2 saturated heterocycles. The Hall–Kier alpha value is -3.98. The van der Waals surface area contributed by atoms with Crippen LogP contribution in [-0.2, 0) is 27.3 Å². The largest absolute Gasteiger partial charge is 0.478 e. The maximum Gasteiger partial charge on any atom is 0.331 e. The number of carbonyl (C=O) groups is 3. The molecule has 1 N–H and O–H groups in total. The number of carboxylic acids is 1. The molecular formula is C29H32N4O5. The second-order valence-corrected chi connectivity index (χ2v) is 9.82. The highest BCUT2D eigenvalue weighted by atomic mass is 16.5. The number of esters is 1. The third kappa shape index (κ3) is 5.94. The summed E-state index contributed by atoms with van der Waals surface area (Å²) >= 11 is 0. The van der Waals surface area contributed by atoms with Crippen molar-refractivity contribution in [3.63, 3.8) is 0 Å². The fourth-order valence-corrected chi connectivity index (χ4v) is 5.40. The van der Waals surface area contributed by atoms with Crippen LogP contribution in [0.25, 0.3) is 11.0 Å². The molecule has 3 heterocycles. The summed E-state index contributed by atoms with van der Waals surface area (Å²) in [7, 11) is 0. The second-order valence-electron chi connectivity index (χ2n) is 9.82. The molecule has 0 unspecified atom stereocenters. The van der Waals surface area contributed by atoms with Crippen molar-refractivity contribution in [1.29, 1.82) is 0 Å². The quantitative estimate of drug-likeness (QED) is 0.344. The van der Waals surface area contributed by atoms with Crippen molar-refractivity contribution in [2.24, 2.45) is 0 Å². The lowest BCUT2D eigenvalue weighted by atomic mass is 10.1. The summed E-state index contributed by atoms with van der Waals surface area (Å²) in [6.07, 6.45) is 5.77. The van der Waals surface area contributed by atoms with E-state index in [1.807, 2.05) is 58.0 Å². The molecule has 2 aromatic carbocycles. The Morgan fingerprint density at radius 1 is 1.00 bits per heavy atom. The lowest BCUT2D eigenvalue weighted by Gasteiger charge is -2.23. The monoisotopic (exact) mass is 516 g/mol. The second kappa shape index (κ2) is 11.6. The molecule has 1 amide bonds. The standard InChI is InChI=1S/C29H32N4O5/c34-27(35)11-12-28(36)38-18-17-33-25-6-2-1-5-24(25)30-26(33)19-21-7-9-22(10-8-21)29(37)32-16-13-23(20-32)31-14-3-4-15-31/h1-2,5-12,23H,3-4,13-20H2,(H,34,35)/t23-/m0/s1. The zero-order chi connectivity index (χ0) is 26.5. The predicted molar refractivity (Wildman–Crippen MR) is 142 cm³/mol. The molecule has 3 aromatic rings. The third-order valence-corrected chi connectivity index (χ3v) is 7.33. The van der Waals surface area contributed by atoms with Gasteiger partial charge in [0, 0.05) is 43.3 Å². The van der Waals surface area contributed by atoms with E-state index < -0.39 is 11.9 Å². The van der Waals surface area contributed by atoms with Crippen LogP contribution < -0.4 is 0 Å². The Kier molecular flexibility index (Phi) is 7.83. The van der Waals surface area contributed by atoms with Gasteiger partial charge in [0.15, 0.2) is 0 Å². The number of carboxylic acid groups (broad SMARTS) is 1. The average molecular weight is 517 g/mol. The summed E-state index contributed by atoms with van der Waals surface area (Å²) in [5.74, 6) is -1.01. The number of aromatic nitrogens is 2. The Morgan fingerprint density at radius 2 is 1.76 bits per heavy atom. The minimum Gasteiger partial charge on any atom is -0.478 e. The van der Waals surface area contributed by atoms with E-state index in [-0.39, 0.29) is 12.5 Å². The summed E-state index contributed by atoms with van der Waals surface area (Å²) in [5, 5.41) is 8.66. The topological polar surface area (TPSA) is 105 Å². The number of hydrogen-bond donors (Lipinski definition) is 1. The molecule has 9 nitrogen and oxygen atoms in total. The number of rotatable bonds is 9. The first kappa shape index (κ1) is 25.7. The highest BCUT2D eigenvalue weighted by Gasteiger charge is 2.31. The van der Waals surface area contributed by atoms with E-state index in [0.717, 1.165) is 67.2 Å². The van der Waals surface area contributed by atoms with E-state index in [1.165, 1.54) is 12.8 Å². The Morgan fingerprint density at radius 3 is 2.53 bits per heavy atom. The number of carbonyl (C=O) groups excluding carboxylic acids is 2. The maximum atomic E-state index is 13.1. The number of imidazole rings is 1. The van der Waals surface area contributed by atoms with Crippen LogP contribution in [0.3, 0.4) is 0 Å². The zero-order valence-electron chi connectivity index (χ0n) is 21.3. The lowest BCUT2D eigenvalue weighted by Crippen LogP contribution is -2.37. The van der Waals surface area contributed by atoms with E-state index in [1.54, 1.807) is 0 Å². The molecule has 9 heteroatoms. The van der Waals surface area contributed by atoms with Crippen LogP contribution in [-0.4, -0.2) is 81.1 Å². The smallest absolute Gasteiger partial charge is 0.331 e.